The van der Waals surface area contributed by atoms with Crippen LogP contribution in [0.4, 0.5) is 15.8 Å². The summed E-state index contributed by atoms with van der Waals surface area (Å²) >= 11 is 0. The Morgan fingerprint density at radius 3 is 2.67 bits per heavy atom. The minimum absolute atomic E-state index is 0.259. The number of nitrogens with zero attached hydrogens (tertiary/aromatic N) is 1. The SMILES string of the molecule is CCCNc1c(F)cccc1C(C)N=C(N)c1ccccc1NC. The fourth-order valence-corrected chi connectivity index (χ4v) is 2.60. The van der Waals surface area contributed by atoms with Crippen molar-refractivity contribution in [3.05, 3.63) is 59.4 Å². The number of halogens is 1. The second-order valence-electron chi connectivity index (χ2n) is 5.62. The molecule has 0 aromatic heterocycles. The fraction of sp³-hybridized carbons (Fsp3) is 0.316. The molecule has 0 amide bonds. The summed E-state index contributed by atoms with van der Waals surface area (Å²) in [5, 5.41) is 6.25. The topological polar surface area (TPSA) is 62.4 Å². The van der Waals surface area contributed by atoms with Gasteiger partial charge in [-0.2, -0.15) is 0 Å². The summed E-state index contributed by atoms with van der Waals surface area (Å²) in [6.07, 6.45) is 0.920. The molecule has 0 saturated heterocycles. The summed E-state index contributed by atoms with van der Waals surface area (Å²) in [6, 6.07) is 12.5. The molecular weight excluding hydrogens is 303 g/mol. The zero-order valence-electron chi connectivity index (χ0n) is 14.4. The molecule has 0 aliphatic heterocycles. The molecule has 2 rings (SSSR count). The molecule has 0 heterocycles. The quantitative estimate of drug-likeness (QED) is 0.528. The van der Waals surface area contributed by atoms with Gasteiger partial charge in [0.15, 0.2) is 0 Å². The second kappa shape index (κ2) is 8.34. The van der Waals surface area contributed by atoms with Crippen LogP contribution < -0.4 is 16.4 Å². The van der Waals surface area contributed by atoms with Crippen molar-refractivity contribution in [3.63, 3.8) is 0 Å². The monoisotopic (exact) mass is 328 g/mol. The Balaban J connectivity index is 2.35. The van der Waals surface area contributed by atoms with Crippen LogP contribution in [-0.4, -0.2) is 19.4 Å². The van der Waals surface area contributed by atoms with E-state index < -0.39 is 0 Å². The van der Waals surface area contributed by atoms with Crippen LogP contribution in [0.3, 0.4) is 0 Å². The summed E-state index contributed by atoms with van der Waals surface area (Å²) < 4.78 is 14.2. The summed E-state index contributed by atoms with van der Waals surface area (Å²) in [6.45, 7) is 4.67. The molecule has 2 aromatic carbocycles. The van der Waals surface area contributed by atoms with E-state index >= 15 is 0 Å². The average Bonchev–Trinajstić information content (AvgIpc) is 2.60. The van der Waals surface area contributed by atoms with Crippen molar-refractivity contribution < 1.29 is 4.39 Å². The summed E-state index contributed by atoms with van der Waals surface area (Å²) in [7, 11) is 1.84. The predicted molar refractivity (Wildman–Crippen MR) is 100 cm³/mol. The third kappa shape index (κ3) is 4.04. The minimum Gasteiger partial charge on any atom is -0.388 e. The zero-order valence-corrected chi connectivity index (χ0v) is 14.4. The van der Waals surface area contributed by atoms with E-state index in [9.17, 15) is 4.39 Å². The Morgan fingerprint density at radius 1 is 1.21 bits per heavy atom. The number of anilines is 2. The number of para-hydroxylation sites is 2. The molecule has 4 nitrogen and oxygen atoms in total. The maximum atomic E-state index is 14.2. The first-order valence-electron chi connectivity index (χ1n) is 8.21. The number of rotatable bonds is 7. The summed E-state index contributed by atoms with van der Waals surface area (Å²) in [4.78, 5) is 4.58. The second-order valence-corrected chi connectivity index (χ2v) is 5.62. The van der Waals surface area contributed by atoms with Crippen molar-refractivity contribution in [1.82, 2.24) is 0 Å². The molecule has 0 aliphatic carbocycles. The first kappa shape index (κ1) is 17.8. The van der Waals surface area contributed by atoms with Gasteiger partial charge in [-0.3, -0.25) is 4.99 Å². The third-order valence-corrected chi connectivity index (χ3v) is 3.85. The maximum Gasteiger partial charge on any atom is 0.146 e. The van der Waals surface area contributed by atoms with Crippen molar-refractivity contribution in [1.29, 1.82) is 0 Å². The Bertz CT molecular complexity index is 712. The smallest absolute Gasteiger partial charge is 0.146 e. The molecule has 0 spiro atoms. The van der Waals surface area contributed by atoms with E-state index in [1.165, 1.54) is 6.07 Å². The van der Waals surface area contributed by atoms with Gasteiger partial charge in [0.2, 0.25) is 0 Å². The lowest BCUT2D eigenvalue weighted by molar-refractivity contribution is 0.625. The molecule has 4 N–H and O–H groups in total. The molecule has 24 heavy (non-hydrogen) atoms. The first-order valence-corrected chi connectivity index (χ1v) is 8.21. The highest BCUT2D eigenvalue weighted by Crippen LogP contribution is 2.28. The summed E-state index contributed by atoms with van der Waals surface area (Å²) in [5.41, 5.74) is 9.25. The zero-order chi connectivity index (χ0) is 17.5. The van der Waals surface area contributed by atoms with Gasteiger partial charge >= 0.3 is 0 Å². The lowest BCUT2D eigenvalue weighted by Gasteiger charge is -2.17. The van der Waals surface area contributed by atoms with Gasteiger partial charge in [0, 0.05) is 30.4 Å². The van der Waals surface area contributed by atoms with Gasteiger partial charge in [-0.25, -0.2) is 4.39 Å². The van der Waals surface area contributed by atoms with Crippen LogP contribution in [0.1, 0.15) is 37.4 Å². The highest BCUT2D eigenvalue weighted by Gasteiger charge is 2.14. The molecule has 1 atom stereocenters. The Kier molecular flexibility index (Phi) is 6.18. The van der Waals surface area contributed by atoms with Crippen molar-refractivity contribution in [2.75, 3.05) is 24.2 Å². The van der Waals surface area contributed by atoms with Gasteiger partial charge in [0.25, 0.3) is 0 Å². The van der Waals surface area contributed by atoms with Crippen molar-refractivity contribution in [3.8, 4) is 0 Å². The number of benzene rings is 2. The van der Waals surface area contributed by atoms with Crippen molar-refractivity contribution in [2.45, 2.75) is 26.3 Å². The minimum atomic E-state index is -0.266. The van der Waals surface area contributed by atoms with E-state index in [2.05, 4.69) is 15.6 Å². The maximum absolute atomic E-state index is 14.2. The van der Waals surface area contributed by atoms with Gasteiger partial charge in [-0.05, 0) is 31.5 Å². The van der Waals surface area contributed by atoms with Gasteiger partial charge in [0.1, 0.15) is 11.7 Å². The number of amidine groups is 1. The van der Waals surface area contributed by atoms with Crippen LogP contribution in [0.2, 0.25) is 0 Å². The van der Waals surface area contributed by atoms with Crippen LogP contribution in [0.5, 0.6) is 0 Å². The lowest BCUT2D eigenvalue weighted by Crippen LogP contribution is -2.17. The molecule has 1 unspecified atom stereocenters. The van der Waals surface area contributed by atoms with Crippen molar-refractivity contribution in [2.24, 2.45) is 10.7 Å². The number of hydrogen-bond acceptors (Lipinski definition) is 3. The molecule has 0 radical (unpaired) electrons. The molecule has 0 aliphatic rings. The standard InChI is InChI=1S/C19H25FN4/c1-4-12-23-18-14(9-7-10-16(18)20)13(2)24-19(21)15-8-5-6-11-17(15)22-3/h5-11,13,22-23H,4,12H2,1-3H3,(H2,21,24). The molecule has 0 saturated carbocycles. The highest BCUT2D eigenvalue weighted by molar-refractivity contribution is 6.02. The van der Waals surface area contributed by atoms with Gasteiger partial charge in [-0.15, -0.1) is 0 Å². The van der Waals surface area contributed by atoms with Crippen LogP contribution in [-0.2, 0) is 0 Å². The van der Waals surface area contributed by atoms with Crippen LogP contribution in [0, 0.1) is 5.82 Å². The van der Waals surface area contributed by atoms with Crippen LogP contribution in [0.15, 0.2) is 47.5 Å². The Morgan fingerprint density at radius 2 is 1.96 bits per heavy atom. The Labute approximate surface area is 143 Å². The number of nitrogens with two attached hydrogens (primary N) is 1. The first-order chi connectivity index (χ1) is 11.6. The molecule has 5 heteroatoms. The molecule has 0 fully saturated rings. The average molecular weight is 328 g/mol. The normalized spacial score (nSPS) is 12.8. The molecule has 2 aromatic rings. The van der Waals surface area contributed by atoms with Crippen LogP contribution in [0.25, 0.3) is 0 Å². The van der Waals surface area contributed by atoms with E-state index in [-0.39, 0.29) is 11.9 Å². The number of hydrogen-bond donors (Lipinski definition) is 3. The molecule has 128 valence electrons. The largest absolute Gasteiger partial charge is 0.388 e. The van der Waals surface area contributed by atoms with Crippen molar-refractivity contribution >= 4 is 17.2 Å². The molecular formula is C19H25FN4. The fourth-order valence-electron chi connectivity index (χ4n) is 2.60. The predicted octanol–water partition coefficient (Wildman–Crippen LogP) is 4.16. The van der Waals surface area contributed by atoms with Gasteiger partial charge in [-0.1, -0.05) is 31.2 Å². The van der Waals surface area contributed by atoms with Gasteiger partial charge in [0.05, 0.1) is 11.7 Å². The van der Waals surface area contributed by atoms with E-state index in [1.54, 1.807) is 6.07 Å². The highest BCUT2D eigenvalue weighted by atomic mass is 19.1. The third-order valence-electron chi connectivity index (χ3n) is 3.85. The van der Waals surface area contributed by atoms with Crippen LogP contribution >= 0.6 is 0 Å². The summed E-state index contributed by atoms with van der Waals surface area (Å²) in [5.74, 6) is 0.162. The number of nitrogens with one attached hydrogen (secondary N) is 2. The lowest BCUT2D eigenvalue weighted by atomic mass is 10.1. The van der Waals surface area contributed by atoms with E-state index in [0.29, 0.717) is 18.1 Å². The molecule has 0 bridgehead atoms. The van der Waals surface area contributed by atoms with E-state index in [4.69, 9.17) is 5.73 Å². The van der Waals surface area contributed by atoms with E-state index in [1.807, 2.05) is 51.2 Å². The van der Waals surface area contributed by atoms with E-state index in [0.717, 1.165) is 23.2 Å². The Hall–Kier alpha value is -2.56. The number of aliphatic imine (C=N–C) groups is 1. The van der Waals surface area contributed by atoms with Gasteiger partial charge < -0.3 is 16.4 Å².